The molecule has 276 valence electrons. The van der Waals surface area contributed by atoms with Gasteiger partial charge in [-0.2, -0.15) is 0 Å². The van der Waals surface area contributed by atoms with Crippen molar-refractivity contribution in [1.29, 1.82) is 0 Å². The summed E-state index contributed by atoms with van der Waals surface area (Å²) in [7, 11) is 0.794. The van der Waals surface area contributed by atoms with E-state index in [0.29, 0.717) is 0 Å². The highest BCUT2D eigenvalue weighted by molar-refractivity contribution is 6.73. The molecule has 1 aliphatic carbocycles. The minimum Gasteiger partial charge on any atom is -0.454 e. The van der Waals surface area contributed by atoms with Crippen LogP contribution in [-0.4, -0.2) is 12.3 Å². The molecule has 0 atom stereocenters. The van der Waals surface area contributed by atoms with Gasteiger partial charge >= 0.3 is 0 Å². The van der Waals surface area contributed by atoms with Gasteiger partial charge in [0.05, 0.1) is 11.2 Å². The number of furan rings is 1. The fourth-order valence-corrected chi connectivity index (χ4v) is 10.7. The van der Waals surface area contributed by atoms with Crippen molar-refractivity contribution in [2.75, 3.05) is 4.90 Å². The normalized spacial score (nSPS) is 13.8. The predicted octanol–water partition coefficient (Wildman–Crippen LogP) is 13.2. The average molecular weight is 753 g/mol. The number of rotatable bonds is 3. The highest BCUT2D eigenvalue weighted by atomic mass is 16.3. The van der Waals surface area contributed by atoms with Gasteiger partial charge in [0.2, 0.25) is 0 Å². The number of benzene rings is 9. The smallest absolute Gasteiger partial charge is 0.198 e. The minimum absolute atomic E-state index is 0.268. The van der Waals surface area contributed by atoms with E-state index >= 15 is 0 Å². The van der Waals surface area contributed by atoms with E-state index in [1.54, 1.807) is 0 Å². The Labute approximate surface area is 342 Å². The number of nitrogens with zero attached hydrogens (tertiary/aromatic N) is 1. The van der Waals surface area contributed by atoms with Crippen LogP contribution >= 0.6 is 0 Å². The molecule has 0 unspecified atom stereocenters. The van der Waals surface area contributed by atoms with Crippen LogP contribution in [0.4, 0.5) is 17.1 Å². The molecule has 11 aromatic rings. The number of aromatic amines is 1. The molecule has 1 N–H and O–H groups in total. The van der Waals surface area contributed by atoms with Gasteiger partial charge in [-0.05, 0) is 91.6 Å². The molecule has 59 heavy (non-hydrogen) atoms. The second kappa shape index (κ2) is 11.9. The summed E-state index contributed by atoms with van der Waals surface area (Å²) in [5.74, 6) is 0. The molecule has 3 heterocycles. The molecular weight excluding hydrogens is 715 g/mol. The van der Waals surface area contributed by atoms with E-state index in [2.05, 4.69) is 200 Å². The monoisotopic (exact) mass is 752 g/mol. The minimum atomic E-state index is -0.268. The van der Waals surface area contributed by atoms with Crippen molar-refractivity contribution in [1.82, 2.24) is 4.98 Å². The number of hydrogen-bond donors (Lipinski definition) is 1. The van der Waals surface area contributed by atoms with Crippen LogP contribution in [0.5, 0.6) is 0 Å². The topological polar surface area (TPSA) is 32.2 Å². The summed E-state index contributed by atoms with van der Waals surface area (Å²) in [4.78, 5) is 6.51. The van der Waals surface area contributed by atoms with Gasteiger partial charge in [0, 0.05) is 49.4 Å². The molecule has 0 saturated heterocycles. The van der Waals surface area contributed by atoms with E-state index in [-0.39, 0.29) is 5.41 Å². The van der Waals surface area contributed by atoms with E-state index < -0.39 is 0 Å². The maximum absolute atomic E-state index is 6.91. The summed E-state index contributed by atoms with van der Waals surface area (Å²) >= 11 is 0. The Kier molecular flexibility index (Phi) is 6.59. The molecular formula is C55H37BN2O. The van der Waals surface area contributed by atoms with Crippen LogP contribution in [-0.2, 0) is 5.41 Å². The summed E-state index contributed by atoms with van der Waals surface area (Å²) in [5, 5.41) is 7.23. The predicted molar refractivity (Wildman–Crippen MR) is 250 cm³/mol. The fraction of sp³-hybridized carbons (Fsp3) is 0.0545. The molecule has 4 heteroatoms. The third kappa shape index (κ3) is 4.54. The number of H-pyrrole nitrogens is 1. The van der Waals surface area contributed by atoms with Gasteiger partial charge in [-0.3, -0.25) is 0 Å². The van der Waals surface area contributed by atoms with E-state index in [1.807, 2.05) is 0 Å². The third-order valence-electron chi connectivity index (χ3n) is 13.4. The number of para-hydroxylation sites is 3. The molecule has 0 bridgehead atoms. The van der Waals surface area contributed by atoms with Crippen molar-refractivity contribution in [3.8, 4) is 33.4 Å². The van der Waals surface area contributed by atoms with Gasteiger partial charge < -0.3 is 14.3 Å². The lowest BCUT2D eigenvalue weighted by molar-refractivity contribution is 0.659. The number of anilines is 3. The van der Waals surface area contributed by atoms with Crippen molar-refractivity contribution >= 4 is 89.8 Å². The summed E-state index contributed by atoms with van der Waals surface area (Å²) in [6.45, 7) is 4.83. The maximum atomic E-state index is 6.91. The van der Waals surface area contributed by atoms with Crippen LogP contribution < -0.4 is 15.8 Å². The lowest BCUT2D eigenvalue weighted by Crippen LogP contribution is -2.42. The highest BCUT2D eigenvalue weighted by Gasteiger charge is 2.43. The van der Waals surface area contributed by atoms with Crippen molar-refractivity contribution in [3.63, 3.8) is 0 Å². The van der Waals surface area contributed by atoms with Crippen LogP contribution in [0.15, 0.2) is 180 Å². The lowest BCUT2D eigenvalue weighted by atomic mass is 9.56. The molecule has 9 aromatic carbocycles. The quantitative estimate of drug-likeness (QED) is 0.182. The molecule has 2 aliphatic rings. The SMILES string of the molecule is CC1(C)c2ccccc2-c2cc(-c3cccc4c3[nH]c3cc5ccccc5cc34)c3c(c21)N(c1cccc2c1oc1ccccc12)c1cc(-c2ccccc2)ccc1B3. The summed E-state index contributed by atoms with van der Waals surface area (Å²) < 4.78 is 6.91. The van der Waals surface area contributed by atoms with Crippen molar-refractivity contribution in [3.05, 3.63) is 187 Å². The van der Waals surface area contributed by atoms with Crippen LogP contribution in [0.1, 0.15) is 25.0 Å². The lowest BCUT2D eigenvalue weighted by Gasteiger charge is -2.39. The molecule has 0 spiro atoms. The first kappa shape index (κ1) is 32.8. The number of fused-ring (bicyclic) bond motifs is 13. The second-order valence-electron chi connectivity index (χ2n) is 16.9. The Morgan fingerprint density at radius 3 is 2.15 bits per heavy atom. The largest absolute Gasteiger partial charge is 0.454 e. The zero-order valence-electron chi connectivity index (χ0n) is 32.8. The first-order valence-electron chi connectivity index (χ1n) is 20.6. The molecule has 2 aromatic heterocycles. The Morgan fingerprint density at radius 2 is 1.25 bits per heavy atom. The van der Waals surface area contributed by atoms with Gasteiger partial charge in [0.1, 0.15) is 5.58 Å². The number of hydrogen-bond acceptors (Lipinski definition) is 2. The maximum Gasteiger partial charge on any atom is 0.198 e. The molecule has 1 aliphatic heterocycles. The zero-order valence-corrected chi connectivity index (χ0v) is 32.8. The van der Waals surface area contributed by atoms with E-state index in [4.69, 9.17) is 4.42 Å². The average Bonchev–Trinajstić information content (AvgIpc) is 3.92. The first-order chi connectivity index (χ1) is 29.0. The molecule has 0 amide bonds. The van der Waals surface area contributed by atoms with Crippen LogP contribution in [0, 0.1) is 0 Å². The van der Waals surface area contributed by atoms with Gasteiger partial charge in [0.15, 0.2) is 12.9 Å². The van der Waals surface area contributed by atoms with E-state index in [0.717, 1.165) is 40.4 Å². The summed E-state index contributed by atoms with van der Waals surface area (Å²) in [6.07, 6.45) is 0. The Morgan fingerprint density at radius 1 is 0.525 bits per heavy atom. The first-order valence-corrected chi connectivity index (χ1v) is 20.6. The van der Waals surface area contributed by atoms with Gasteiger partial charge in [-0.25, -0.2) is 0 Å². The van der Waals surface area contributed by atoms with Crippen molar-refractivity contribution < 1.29 is 4.42 Å². The van der Waals surface area contributed by atoms with Crippen molar-refractivity contribution in [2.24, 2.45) is 0 Å². The highest BCUT2D eigenvalue weighted by Crippen LogP contribution is 2.56. The second-order valence-corrected chi connectivity index (χ2v) is 16.9. The Bertz CT molecular complexity index is 3570. The zero-order chi connectivity index (χ0) is 39.0. The third-order valence-corrected chi connectivity index (χ3v) is 13.4. The van der Waals surface area contributed by atoms with Crippen LogP contribution in [0.3, 0.4) is 0 Å². The van der Waals surface area contributed by atoms with Crippen LogP contribution in [0.25, 0.3) is 87.9 Å². The van der Waals surface area contributed by atoms with Gasteiger partial charge in [0.25, 0.3) is 0 Å². The summed E-state index contributed by atoms with van der Waals surface area (Å²) in [6, 6.07) is 64.7. The fourth-order valence-electron chi connectivity index (χ4n) is 10.7. The molecule has 3 nitrogen and oxygen atoms in total. The summed E-state index contributed by atoms with van der Waals surface area (Å²) in [5.41, 5.74) is 20.1. The van der Waals surface area contributed by atoms with E-state index in [9.17, 15) is 0 Å². The standard InChI is InChI=1S/C55H37BN2O/c1-55(2)44-23-10-8-18-36(44)42-31-43(39-21-12-20-38-41-28-33-16-6-7-17-34(33)29-46(41)57-52(38)39)51-53(50(42)55)58(47-24-13-22-40-37-19-9-11-25-49(37)59-54(40)47)48-30-35(26-27-45(48)56-51)32-14-4-3-5-15-32/h3-31,56-57H,1-2H3. The molecule has 13 rings (SSSR count). The Balaban J connectivity index is 1.17. The number of aromatic nitrogens is 1. The molecule has 0 fully saturated rings. The van der Waals surface area contributed by atoms with Gasteiger partial charge in [-0.1, -0.05) is 159 Å². The van der Waals surface area contributed by atoms with Crippen LogP contribution in [0.2, 0.25) is 0 Å². The van der Waals surface area contributed by atoms with E-state index in [1.165, 1.54) is 93.9 Å². The number of nitrogens with one attached hydrogen (secondary N) is 1. The van der Waals surface area contributed by atoms with Crippen molar-refractivity contribution in [2.45, 2.75) is 19.3 Å². The molecule has 0 radical (unpaired) electrons. The molecule has 0 saturated carbocycles. The Hall–Kier alpha value is -7.30. The van der Waals surface area contributed by atoms with Gasteiger partial charge in [-0.15, -0.1) is 0 Å².